The number of carbonyl (C=O) groups excluding carboxylic acids is 1. The molecule has 2 atom stereocenters. The third-order valence-corrected chi connectivity index (χ3v) is 4.30. The maximum Gasteiger partial charge on any atom is 0.227 e. The number of carbonyl (C=O) groups is 1. The maximum atomic E-state index is 12.8. The summed E-state index contributed by atoms with van der Waals surface area (Å²) in [4.78, 5) is 14.6. The molecule has 2 rings (SSSR count). The van der Waals surface area contributed by atoms with Crippen LogP contribution in [-0.4, -0.2) is 17.4 Å². The van der Waals surface area contributed by atoms with Gasteiger partial charge in [0.1, 0.15) is 0 Å². The Bertz CT molecular complexity index is 649. The van der Waals surface area contributed by atoms with Crippen molar-refractivity contribution in [2.24, 2.45) is 11.7 Å². The Balaban J connectivity index is 0.00000288. The lowest BCUT2D eigenvalue weighted by atomic mass is 9.94. The number of benzene rings is 2. The second-order valence-electron chi connectivity index (χ2n) is 5.71. The second kappa shape index (κ2) is 9.67. The molecule has 0 spiro atoms. The highest BCUT2D eigenvalue weighted by atomic mass is 35.5. The van der Waals surface area contributed by atoms with Crippen molar-refractivity contribution in [2.75, 3.05) is 6.54 Å². The SMILES string of the molecule is CCN(Cc1cccc(Cl)c1)C(=O)C(C)C(N)c1ccccc1.Cl. The standard InChI is InChI=1S/C19H23ClN2O.ClH/c1-3-22(13-15-8-7-11-17(20)12-15)19(23)14(2)18(21)16-9-5-4-6-10-16;/h4-12,14,18H,3,13,21H2,1-2H3;1H. The molecule has 130 valence electrons. The van der Waals surface area contributed by atoms with Crippen LogP contribution in [-0.2, 0) is 11.3 Å². The number of nitrogens with zero attached hydrogens (tertiary/aromatic N) is 1. The molecule has 0 saturated heterocycles. The highest BCUT2D eigenvalue weighted by Crippen LogP contribution is 2.22. The molecule has 0 aromatic heterocycles. The van der Waals surface area contributed by atoms with Crippen LogP contribution in [0.4, 0.5) is 0 Å². The predicted octanol–water partition coefficient (Wildman–Crippen LogP) is 4.45. The molecule has 5 heteroatoms. The number of rotatable bonds is 6. The van der Waals surface area contributed by atoms with E-state index in [0.29, 0.717) is 18.1 Å². The van der Waals surface area contributed by atoms with E-state index < -0.39 is 0 Å². The Morgan fingerprint density at radius 2 is 1.83 bits per heavy atom. The maximum absolute atomic E-state index is 12.8. The van der Waals surface area contributed by atoms with E-state index in [1.807, 2.05) is 73.3 Å². The largest absolute Gasteiger partial charge is 0.338 e. The van der Waals surface area contributed by atoms with Crippen molar-refractivity contribution in [3.8, 4) is 0 Å². The van der Waals surface area contributed by atoms with Crippen LogP contribution in [0.25, 0.3) is 0 Å². The van der Waals surface area contributed by atoms with Gasteiger partial charge in [0.2, 0.25) is 5.91 Å². The third kappa shape index (κ3) is 5.23. The molecule has 2 N–H and O–H groups in total. The molecule has 2 aromatic rings. The van der Waals surface area contributed by atoms with E-state index >= 15 is 0 Å². The first-order valence-corrected chi connectivity index (χ1v) is 8.24. The summed E-state index contributed by atoms with van der Waals surface area (Å²) in [7, 11) is 0. The van der Waals surface area contributed by atoms with Crippen LogP contribution in [0.2, 0.25) is 5.02 Å². The monoisotopic (exact) mass is 366 g/mol. The van der Waals surface area contributed by atoms with E-state index in [2.05, 4.69) is 0 Å². The Kier molecular flexibility index (Phi) is 8.26. The lowest BCUT2D eigenvalue weighted by Gasteiger charge is -2.28. The van der Waals surface area contributed by atoms with Crippen molar-refractivity contribution in [1.29, 1.82) is 0 Å². The summed E-state index contributed by atoms with van der Waals surface area (Å²) in [5.41, 5.74) is 8.28. The first kappa shape index (κ1) is 20.5. The summed E-state index contributed by atoms with van der Waals surface area (Å²) in [5, 5.41) is 0.681. The number of nitrogens with two attached hydrogens (primary N) is 1. The highest BCUT2D eigenvalue weighted by molar-refractivity contribution is 6.30. The average Bonchev–Trinajstić information content (AvgIpc) is 2.58. The molecule has 24 heavy (non-hydrogen) atoms. The number of hydrogen-bond acceptors (Lipinski definition) is 2. The van der Waals surface area contributed by atoms with Crippen LogP contribution in [0.5, 0.6) is 0 Å². The molecule has 0 aliphatic heterocycles. The number of amides is 1. The molecule has 0 bridgehead atoms. The van der Waals surface area contributed by atoms with Crippen molar-refractivity contribution < 1.29 is 4.79 Å². The molecule has 0 saturated carbocycles. The van der Waals surface area contributed by atoms with E-state index in [9.17, 15) is 4.79 Å². The summed E-state index contributed by atoms with van der Waals surface area (Å²) in [6.45, 7) is 5.04. The Morgan fingerprint density at radius 1 is 1.17 bits per heavy atom. The summed E-state index contributed by atoms with van der Waals surface area (Å²) in [6.07, 6.45) is 0. The molecule has 0 aliphatic carbocycles. The van der Waals surface area contributed by atoms with Gasteiger partial charge in [-0.1, -0.05) is 61.0 Å². The number of hydrogen-bond donors (Lipinski definition) is 1. The van der Waals surface area contributed by atoms with Crippen LogP contribution in [0, 0.1) is 5.92 Å². The molecule has 0 heterocycles. The fourth-order valence-corrected chi connectivity index (χ4v) is 2.82. The van der Waals surface area contributed by atoms with E-state index in [1.54, 1.807) is 0 Å². The van der Waals surface area contributed by atoms with Gasteiger partial charge >= 0.3 is 0 Å². The van der Waals surface area contributed by atoms with Crippen LogP contribution in [0.3, 0.4) is 0 Å². The topological polar surface area (TPSA) is 46.3 Å². The van der Waals surface area contributed by atoms with Crippen molar-refractivity contribution in [1.82, 2.24) is 4.90 Å². The zero-order valence-electron chi connectivity index (χ0n) is 14.0. The Hall–Kier alpha value is -1.55. The smallest absolute Gasteiger partial charge is 0.227 e. The minimum absolute atomic E-state index is 0. The summed E-state index contributed by atoms with van der Waals surface area (Å²) in [6, 6.07) is 17.0. The van der Waals surface area contributed by atoms with Crippen LogP contribution in [0.15, 0.2) is 54.6 Å². The minimum Gasteiger partial charge on any atom is -0.338 e. The predicted molar refractivity (Wildman–Crippen MR) is 102 cm³/mol. The van der Waals surface area contributed by atoms with Gasteiger partial charge in [-0.15, -0.1) is 12.4 Å². The van der Waals surface area contributed by atoms with E-state index in [0.717, 1.165) is 11.1 Å². The van der Waals surface area contributed by atoms with Crippen molar-refractivity contribution >= 4 is 29.9 Å². The molecule has 1 amide bonds. The minimum atomic E-state index is -0.308. The van der Waals surface area contributed by atoms with Gasteiger partial charge in [-0.05, 0) is 30.2 Å². The molecule has 2 unspecified atom stereocenters. The lowest BCUT2D eigenvalue weighted by Crippen LogP contribution is -2.38. The van der Waals surface area contributed by atoms with Crippen molar-refractivity contribution in [3.05, 3.63) is 70.7 Å². The van der Waals surface area contributed by atoms with Gasteiger partial charge in [0.25, 0.3) is 0 Å². The summed E-state index contributed by atoms with van der Waals surface area (Å²) < 4.78 is 0. The Labute approximate surface area is 155 Å². The van der Waals surface area contributed by atoms with Gasteiger partial charge in [-0.2, -0.15) is 0 Å². The Morgan fingerprint density at radius 3 is 2.42 bits per heavy atom. The molecule has 2 aromatic carbocycles. The average molecular weight is 367 g/mol. The van der Waals surface area contributed by atoms with Crippen molar-refractivity contribution in [3.63, 3.8) is 0 Å². The first-order chi connectivity index (χ1) is 11.0. The van der Waals surface area contributed by atoms with Gasteiger partial charge in [0.15, 0.2) is 0 Å². The summed E-state index contributed by atoms with van der Waals surface area (Å²) >= 11 is 6.02. The molecule has 0 fully saturated rings. The van der Waals surface area contributed by atoms with Gasteiger partial charge < -0.3 is 10.6 Å². The quantitative estimate of drug-likeness (QED) is 0.820. The second-order valence-corrected chi connectivity index (χ2v) is 6.14. The van der Waals surface area contributed by atoms with E-state index in [4.69, 9.17) is 17.3 Å². The molecule has 0 radical (unpaired) electrons. The van der Waals surface area contributed by atoms with E-state index in [-0.39, 0.29) is 30.3 Å². The lowest BCUT2D eigenvalue weighted by molar-refractivity contribution is -0.136. The van der Waals surface area contributed by atoms with Crippen LogP contribution >= 0.6 is 24.0 Å². The fourth-order valence-electron chi connectivity index (χ4n) is 2.61. The molecule has 0 aliphatic rings. The van der Waals surface area contributed by atoms with Gasteiger partial charge in [0.05, 0.1) is 5.92 Å². The zero-order chi connectivity index (χ0) is 16.8. The third-order valence-electron chi connectivity index (χ3n) is 4.07. The highest BCUT2D eigenvalue weighted by Gasteiger charge is 2.26. The number of halogens is 2. The van der Waals surface area contributed by atoms with Gasteiger partial charge in [-0.3, -0.25) is 4.79 Å². The summed E-state index contributed by atoms with van der Waals surface area (Å²) in [5.74, 6) is -0.222. The van der Waals surface area contributed by atoms with Gasteiger partial charge in [0, 0.05) is 24.2 Å². The molecular weight excluding hydrogens is 343 g/mol. The van der Waals surface area contributed by atoms with Crippen molar-refractivity contribution in [2.45, 2.75) is 26.4 Å². The van der Waals surface area contributed by atoms with E-state index in [1.165, 1.54) is 0 Å². The molecular formula is C19H24Cl2N2O. The fraction of sp³-hybridized carbons (Fsp3) is 0.316. The first-order valence-electron chi connectivity index (χ1n) is 7.86. The van der Waals surface area contributed by atoms with Crippen LogP contribution < -0.4 is 5.73 Å². The molecule has 3 nitrogen and oxygen atoms in total. The van der Waals surface area contributed by atoms with Gasteiger partial charge in [-0.25, -0.2) is 0 Å². The zero-order valence-corrected chi connectivity index (χ0v) is 15.6. The normalized spacial score (nSPS) is 12.8. The van der Waals surface area contributed by atoms with Crippen LogP contribution in [0.1, 0.15) is 31.0 Å².